The molecule has 18 heavy (non-hydrogen) atoms. The van der Waals surface area contributed by atoms with Gasteiger partial charge in [-0.3, -0.25) is 0 Å². The molecule has 0 heterocycles. The molecule has 0 nitrogen and oxygen atoms in total. The zero-order valence-corrected chi connectivity index (χ0v) is 10.2. The van der Waals surface area contributed by atoms with Crippen molar-refractivity contribution in [1.29, 1.82) is 0 Å². The van der Waals surface area contributed by atoms with Gasteiger partial charge in [0.1, 0.15) is 0 Å². The molecule has 0 amide bonds. The predicted molar refractivity (Wildman–Crippen MR) is 77.5 cm³/mol. The molecule has 2 aromatic carbocycles. The fraction of sp³-hybridized carbons (Fsp3) is 0.111. The Bertz CT molecular complexity index is 727. The lowest BCUT2D eigenvalue weighted by Gasteiger charge is -2.06. The molecule has 0 saturated carbocycles. The van der Waals surface area contributed by atoms with Gasteiger partial charge in [0, 0.05) is 0 Å². The summed E-state index contributed by atoms with van der Waals surface area (Å²) in [5.41, 5.74) is 5.87. The fourth-order valence-corrected chi connectivity index (χ4v) is 3.01. The molecule has 0 atom stereocenters. The van der Waals surface area contributed by atoms with Crippen LogP contribution in [0.1, 0.15) is 17.5 Å². The van der Waals surface area contributed by atoms with E-state index in [4.69, 9.17) is 0 Å². The molecule has 0 saturated heterocycles. The second-order valence-electron chi connectivity index (χ2n) is 5.03. The van der Waals surface area contributed by atoms with Crippen molar-refractivity contribution < 1.29 is 0 Å². The van der Waals surface area contributed by atoms with E-state index >= 15 is 0 Å². The summed E-state index contributed by atoms with van der Waals surface area (Å²) in [5, 5.41) is 2.76. The van der Waals surface area contributed by atoms with Crippen molar-refractivity contribution >= 4 is 16.8 Å². The quantitative estimate of drug-likeness (QED) is 0.668. The third kappa shape index (κ3) is 1.39. The van der Waals surface area contributed by atoms with E-state index in [-0.39, 0.29) is 0 Å². The summed E-state index contributed by atoms with van der Waals surface area (Å²) in [4.78, 5) is 0. The average molecular weight is 230 g/mol. The van der Waals surface area contributed by atoms with Crippen LogP contribution in [0.4, 0.5) is 0 Å². The minimum Gasteiger partial charge on any atom is -0.0801 e. The smallest absolute Gasteiger partial charge is 0.00106 e. The van der Waals surface area contributed by atoms with E-state index < -0.39 is 0 Å². The third-order valence-corrected chi connectivity index (χ3v) is 3.96. The Morgan fingerprint density at radius 3 is 2.72 bits per heavy atom. The second-order valence-corrected chi connectivity index (χ2v) is 5.03. The maximum Gasteiger partial charge on any atom is -0.00106 e. The van der Waals surface area contributed by atoms with Crippen LogP contribution in [-0.2, 0) is 6.42 Å². The van der Waals surface area contributed by atoms with Crippen LogP contribution < -0.4 is 0 Å². The molecule has 0 aliphatic heterocycles. The summed E-state index contributed by atoms with van der Waals surface area (Å²) < 4.78 is 0. The van der Waals surface area contributed by atoms with E-state index in [9.17, 15) is 0 Å². The first-order valence-corrected chi connectivity index (χ1v) is 6.49. The second kappa shape index (κ2) is 3.71. The maximum atomic E-state index is 2.36. The van der Waals surface area contributed by atoms with Gasteiger partial charge in [-0.25, -0.2) is 0 Å². The zero-order chi connectivity index (χ0) is 11.9. The minimum absolute atomic E-state index is 1.09. The summed E-state index contributed by atoms with van der Waals surface area (Å²) in [6.45, 7) is 0. The van der Waals surface area contributed by atoms with Gasteiger partial charge in [0.25, 0.3) is 0 Å². The lowest BCUT2D eigenvalue weighted by Crippen LogP contribution is -1.89. The first-order valence-electron chi connectivity index (χ1n) is 6.49. The molecule has 86 valence electrons. The van der Waals surface area contributed by atoms with Crippen molar-refractivity contribution in [2.45, 2.75) is 12.8 Å². The standard InChI is InChI=1S/C18H14/c1-2-6-13(5-1)16-11-15-10-9-14-7-3-4-8-17(14)18(15)12-16/h1-5,7-11H,6,12H2. The number of allylic oxidation sites excluding steroid dienone is 5. The molecule has 0 spiro atoms. The van der Waals surface area contributed by atoms with E-state index in [1.807, 2.05) is 0 Å². The number of hydrogen-bond acceptors (Lipinski definition) is 0. The van der Waals surface area contributed by atoms with E-state index in [0.29, 0.717) is 0 Å². The highest BCUT2D eigenvalue weighted by molar-refractivity contribution is 5.91. The number of rotatable bonds is 1. The first kappa shape index (κ1) is 9.90. The van der Waals surface area contributed by atoms with E-state index in [0.717, 1.165) is 12.8 Å². The minimum atomic E-state index is 1.09. The Labute approximate surface area is 107 Å². The molecule has 2 aromatic rings. The number of fused-ring (bicyclic) bond motifs is 3. The van der Waals surface area contributed by atoms with Crippen molar-refractivity contribution in [1.82, 2.24) is 0 Å². The van der Waals surface area contributed by atoms with Crippen molar-refractivity contribution in [2.75, 3.05) is 0 Å². The van der Waals surface area contributed by atoms with E-state index in [1.165, 1.54) is 33.0 Å². The van der Waals surface area contributed by atoms with Crippen LogP contribution in [0.5, 0.6) is 0 Å². The lowest BCUT2D eigenvalue weighted by atomic mass is 9.98. The number of hydrogen-bond donors (Lipinski definition) is 0. The average Bonchev–Trinajstić information content (AvgIpc) is 3.07. The van der Waals surface area contributed by atoms with E-state index in [1.54, 1.807) is 0 Å². The molecule has 4 rings (SSSR count). The van der Waals surface area contributed by atoms with Gasteiger partial charge < -0.3 is 0 Å². The Balaban J connectivity index is 1.84. The fourth-order valence-electron chi connectivity index (χ4n) is 3.01. The van der Waals surface area contributed by atoms with Crippen LogP contribution >= 0.6 is 0 Å². The highest BCUT2D eigenvalue weighted by atomic mass is 14.2. The molecule has 0 unspecified atom stereocenters. The van der Waals surface area contributed by atoms with E-state index in [2.05, 4.69) is 60.7 Å². The van der Waals surface area contributed by atoms with Crippen molar-refractivity contribution in [3.8, 4) is 0 Å². The zero-order valence-electron chi connectivity index (χ0n) is 10.2. The van der Waals surface area contributed by atoms with Gasteiger partial charge >= 0.3 is 0 Å². The Hall–Kier alpha value is -2.08. The Morgan fingerprint density at radius 1 is 0.889 bits per heavy atom. The summed E-state index contributed by atoms with van der Waals surface area (Å²) in [7, 11) is 0. The Kier molecular flexibility index (Phi) is 2.04. The van der Waals surface area contributed by atoms with Gasteiger partial charge in [-0.1, -0.05) is 60.7 Å². The first-order chi connectivity index (χ1) is 8.92. The predicted octanol–water partition coefficient (Wildman–Crippen LogP) is 4.67. The van der Waals surface area contributed by atoms with Crippen LogP contribution in [0, 0.1) is 0 Å². The molecule has 0 heteroatoms. The summed E-state index contributed by atoms with van der Waals surface area (Å²) in [5.74, 6) is 0. The lowest BCUT2D eigenvalue weighted by molar-refractivity contribution is 1.16. The monoisotopic (exact) mass is 230 g/mol. The van der Waals surface area contributed by atoms with Crippen LogP contribution in [0.25, 0.3) is 16.8 Å². The van der Waals surface area contributed by atoms with Gasteiger partial charge in [-0.15, -0.1) is 0 Å². The van der Waals surface area contributed by atoms with Crippen molar-refractivity contribution in [3.63, 3.8) is 0 Å². The molecular weight excluding hydrogens is 216 g/mol. The highest BCUT2D eigenvalue weighted by Gasteiger charge is 2.17. The summed E-state index contributed by atoms with van der Waals surface area (Å²) in [6, 6.07) is 13.2. The molecular formula is C18H14. The molecule has 0 radical (unpaired) electrons. The summed E-state index contributed by atoms with van der Waals surface area (Å²) >= 11 is 0. The number of benzene rings is 2. The van der Waals surface area contributed by atoms with Gasteiger partial charge in [0.05, 0.1) is 0 Å². The molecule has 0 N–H and O–H groups in total. The van der Waals surface area contributed by atoms with Crippen LogP contribution in [-0.4, -0.2) is 0 Å². The largest absolute Gasteiger partial charge is 0.0801 e. The van der Waals surface area contributed by atoms with Gasteiger partial charge in [-0.05, 0) is 45.9 Å². The van der Waals surface area contributed by atoms with Gasteiger partial charge in [-0.2, -0.15) is 0 Å². The highest BCUT2D eigenvalue weighted by Crippen LogP contribution is 2.36. The van der Waals surface area contributed by atoms with Crippen LogP contribution in [0.15, 0.2) is 65.8 Å². The topological polar surface area (TPSA) is 0 Å². The molecule has 0 aromatic heterocycles. The third-order valence-electron chi connectivity index (χ3n) is 3.96. The van der Waals surface area contributed by atoms with Crippen molar-refractivity contribution in [3.05, 3.63) is 76.9 Å². The molecule has 0 bridgehead atoms. The SMILES string of the molecule is C1=CCC(C2=Cc3ccc4ccccc4c3C2)=C1. The Morgan fingerprint density at radius 2 is 1.83 bits per heavy atom. The summed E-state index contributed by atoms with van der Waals surface area (Å²) in [6.07, 6.45) is 11.2. The molecule has 2 aliphatic rings. The van der Waals surface area contributed by atoms with Gasteiger partial charge in [0.15, 0.2) is 0 Å². The van der Waals surface area contributed by atoms with Crippen LogP contribution in [0.3, 0.4) is 0 Å². The maximum absolute atomic E-state index is 2.36. The van der Waals surface area contributed by atoms with Crippen LogP contribution in [0.2, 0.25) is 0 Å². The molecule has 0 fully saturated rings. The molecule has 2 aliphatic carbocycles. The van der Waals surface area contributed by atoms with Crippen molar-refractivity contribution in [2.24, 2.45) is 0 Å². The van der Waals surface area contributed by atoms with Gasteiger partial charge in [0.2, 0.25) is 0 Å². The normalized spacial score (nSPS) is 16.9.